The van der Waals surface area contributed by atoms with Gasteiger partial charge < -0.3 is 15.5 Å². The number of nitrogens with two attached hydrogens (primary N) is 1. The smallest absolute Gasteiger partial charge is 0.223 e. The summed E-state index contributed by atoms with van der Waals surface area (Å²) < 4.78 is 1.85. The highest BCUT2D eigenvalue weighted by molar-refractivity contribution is 5.65. The second-order valence-electron chi connectivity index (χ2n) is 9.50. The molecule has 4 heterocycles. The molecule has 31 heavy (non-hydrogen) atoms. The van der Waals surface area contributed by atoms with Crippen LogP contribution in [0.15, 0.2) is 36.7 Å². The molecule has 0 radical (unpaired) electrons. The number of aromatic nitrogens is 4. The average molecular weight is 416 g/mol. The molecule has 0 spiro atoms. The molecule has 3 unspecified atom stereocenters. The van der Waals surface area contributed by atoms with Gasteiger partial charge in [-0.25, -0.2) is 0 Å². The fourth-order valence-electron chi connectivity index (χ4n) is 5.74. The molecule has 2 fully saturated rings. The summed E-state index contributed by atoms with van der Waals surface area (Å²) >= 11 is 0. The monoisotopic (exact) mass is 415 g/mol. The first kappa shape index (κ1) is 18.7. The van der Waals surface area contributed by atoms with Crippen LogP contribution in [-0.4, -0.2) is 38.4 Å². The Hall–Kier alpha value is -3.09. The lowest BCUT2D eigenvalue weighted by atomic mass is 9.92. The van der Waals surface area contributed by atoms with E-state index in [1.807, 2.05) is 17.9 Å². The van der Waals surface area contributed by atoms with Crippen LogP contribution in [0.1, 0.15) is 37.3 Å². The number of benzene rings is 1. The Bertz CT molecular complexity index is 1140. The van der Waals surface area contributed by atoms with Gasteiger partial charge in [-0.3, -0.25) is 4.68 Å². The predicted molar refractivity (Wildman–Crippen MR) is 123 cm³/mol. The number of fused-ring (bicyclic) bond motifs is 3. The summed E-state index contributed by atoms with van der Waals surface area (Å²) in [6.07, 6.45) is 8.90. The first-order chi connectivity index (χ1) is 15.0. The van der Waals surface area contributed by atoms with Crippen LogP contribution in [0, 0.1) is 5.92 Å². The van der Waals surface area contributed by atoms with Crippen LogP contribution in [0.4, 0.5) is 17.6 Å². The first-order valence-electron chi connectivity index (χ1n) is 11.3. The third kappa shape index (κ3) is 3.23. The van der Waals surface area contributed by atoms with Crippen LogP contribution >= 0.6 is 0 Å². The molecule has 6 rings (SSSR count). The van der Waals surface area contributed by atoms with E-state index in [-0.39, 0.29) is 0 Å². The highest BCUT2D eigenvalue weighted by Crippen LogP contribution is 2.40. The van der Waals surface area contributed by atoms with E-state index in [4.69, 9.17) is 5.73 Å². The second-order valence-corrected chi connectivity index (χ2v) is 9.50. The minimum atomic E-state index is 0.355. The molecule has 2 aromatic heterocycles. The third-order valence-electron chi connectivity index (χ3n) is 7.35. The van der Waals surface area contributed by atoms with Gasteiger partial charge in [0.05, 0.1) is 6.20 Å². The summed E-state index contributed by atoms with van der Waals surface area (Å²) in [5.41, 5.74) is 11.3. The van der Waals surface area contributed by atoms with E-state index < -0.39 is 0 Å². The molecule has 3 aromatic rings. The largest absolute Gasteiger partial charge is 0.368 e. The minimum Gasteiger partial charge on any atom is -0.368 e. The number of piperidine rings is 1. The van der Waals surface area contributed by atoms with Crippen molar-refractivity contribution in [3.8, 4) is 11.1 Å². The van der Waals surface area contributed by atoms with Gasteiger partial charge in [0.1, 0.15) is 11.6 Å². The zero-order valence-corrected chi connectivity index (χ0v) is 18.2. The third-order valence-corrected chi connectivity index (χ3v) is 7.35. The lowest BCUT2D eigenvalue weighted by Gasteiger charge is -2.37. The molecule has 7 heteroatoms. The van der Waals surface area contributed by atoms with Gasteiger partial charge in [0.2, 0.25) is 5.95 Å². The van der Waals surface area contributed by atoms with Crippen LogP contribution in [0.3, 0.4) is 0 Å². The van der Waals surface area contributed by atoms with E-state index >= 15 is 0 Å². The Morgan fingerprint density at radius 2 is 1.84 bits per heavy atom. The molecule has 2 aliphatic heterocycles. The molecule has 1 saturated heterocycles. The number of nitrogen functional groups attached to an aromatic ring is 1. The topological polar surface area (TPSA) is 76.1 Å². The van der Waals surface area contributed by atoms with Gasteiger partial charge in [-0.2, -0.15) is 15.1 Å². The van der Waals surface area contributed by atoms with Crippen molar-refractivity contribution in [1.82, 2.24) is 19.7 Å². The summed E-state index contributed by atoms with van der Waals surface area (Å²) in [6, 6.07) is 9.91. The van der Waals surface area contributed by atoms with E-state index in [0.717, 1.165) is 42.6 Å². The molecular weight excluding hydrogens is 386 g/mol. The van der Waals surface area contributed by atoms with Gasteiger partial charge in [-0.1, -0.05) is 12.1 Å². The van der Waals surface area contributed by atoms with E-state index in [0.29, 0.717) is 18.0 Å². The van der Waals surface area contributed by atoms with E-state index in [9.17, 15) is 0 Å². The molecule has 3 atom stereocenters. The summed E-state index contributed by atoms with van der Waals surface area (Å²) in [7, 11) is 1.95. The molecule has 1 aliphatic carbocycles. The maximum atomic E-state index is 6.19. The van der Waals surface area contributed by atoms with Gasteiger partial charge >= 0.3 is 0 Å². The van der Waals surface area contributed by atoms with Crippen molar-refractivity contribution in [2.45, 2.75) is 51.2 Å². The average Bonchev–Trinajstić information content (AvgIpc) is 3.50. The van der Waals surface area contributed by atoms with Gasteiger partial charge in [-0.05, 0) is 61.3 Å². The van der Waals surface area contributed by atoms with Crippen molar-refractivity contribution in [3.63, 3.8) is 0 Å². The summed E-state index contributed by atoms with van der Waals surface area (Å²) in [6.45, 7) is 4.20. The zero-order valence-electron chi connectivity index (χ0n) is 18.2. The van der Waals surface area contributed by atoms with Crippen molar-refractivity contribution < 1.29 is 0 Å². The molecule has 3 aliphatic rings. The number of hydrogen-bond acceptors (Lipinski definition) is 6. The Morgan fingerprint density at radius 1 is 1.00 bits per heavy atom. The highest BCUT2D eigenvalue weighted by atomic mass is 15.3. The highest BCUT2D eigenvalue weighted by Gasteiger charge is 2.39. The fourth-order valence-corrected chi connectivity index (χ4v) is 5.74. The standard InChI is InChI=1S/C24H29N7/c1-15-7-17-4-5-18(20-11-26-29(2)13-20)9-19(17)14-30(15)22-10-23(28-24(25)27-22)31-12-16-3-6-21(31)8-16/h4-5,9-11,13,15-16,21H,3,6-8,12,14H2,1-2H3,(H2,25,27,28). The van der Waals surface area contributed by atoms with Crippen LogP contribution < -0.4 is 15.5 Å². The molecule has 1 saturated carbocycles. The summed E-state index contributed by atoms with van der Waals surface area (Å²) in [5, 5.41) is 4.32. The van der Waals surface area contributed by atoms with Crippen LogP contribution in [0.2, 0.25) is 0 Å². The van der Waals surface area contributed by atoms with E-state index in [1.165, 1.54) is 36.0 Å². The number of rotatable bonds is 3. The van der Waals surface area contributed by atoms with Crippen LogP contribution in [0.5, 0.6) is 0 Å². The number of hydrogen-bond donors (Lipinski definition) is 1. The summed E-state index contributed by atoms with van der Waals surface area (Å²) in [5.74, 6) is 3.13. The maximum Gasteiger partial charge on any atom is 0.223 e. The molecule has 0 amide bonds. The lowest BCUT2D eigenvalue weighted by molar-refractivity contribution is 0.549. The van der Waals surface area contributed by atoms with Gasteiger partial charge in [0.25, 0.3) is 0 Å². The molecule has 160 valence electrons. The quantitative estimate of drug-likeness (QED) is 0.707. The fraction of sp³-hybridized carbons (Fsp3) is 0.458. The van der Waals surface area contributed by atoms with Gasteiger partial charge in [0, 0.05) is 50.0 Å². The Labute approximate surface area is 182 Å². The summed E-state index contributed by atoms with van der Waals surface area (Å²) in [4.78, 5) is 14.1. The number of aryl methyl sites for hydroxylation is 1. The van der Waals surface area contributed by atoms with Crippen molar-refractivity contribution in [1.29, 1.82) is 0 Å². The van der Waals surface area contributed by atoms with E-state index in [2.05, 4.69) is 62.3 Å². The molecular formula is C24H29N7. The van der Waals surface area contributed by atoms with Gasteiger partial charge in [-0.15, -0.1) is 0 Å². The number of anilines is 3. The lowest BCUT2D eigenvalue weighted by Crippen LogP contribution is -2.39. The first-order valence-corrected chi connectivity index (χ1v) is 11.3. The molecule has 2 N–H and O–H groups in total. The Morgan fingerprint density at radius 3 is 2.55 bits per heavy atom. The van der Waals surface area contributed by atoms with Gasteiger partial charge in [0.15, 0.2) is 0 Å². The van der Waals surface area contributed by atoms with Crippen molar-refractivity contribution in [3.05, 3.63) is 47.8 Å². The van der Waals surface area contributed by atoms with Crippen LogP contribution in [0.25, 0.3) is 11.1 Å². The molecule has 1 aromatic carbocycles. The van der Waals surface area contributed by atoms with Crippen molar-refractivity contribution in [2.75, 3.05) is 22.1 Å². The van der Waals surface area contributed by atoms with E-state index in [1.54, 1.807) is 0 Å². The molecule has 7 nitrogen and oxygen atoms in total. The maximum absolute atomic E-state index is 6.19. The predicted octanol–water partition coefficient (Wildman–Crippen LogP) is 3.40. The normalized spacial score (nSPS) is 24.6. The second kappa shape index (κ2) is 6.97. The Kier molecular flexibility index (Phi) is 4.20. The molecule has 2 bridgehead atoms. The number of nitrogens with zero attached hydrogens (tertiary/aromatic N) is 6. The zero-order chi connectivity index (χ0) is 21.1. The Balaban J connectivity index is 1.32. The minimum absolute atomic E-state index is 0.355. The van der Waals surface area contributed by atoms with Crippen molar-refractivity contribution in [2.24, 2.45) is 13.0 Å². The van der Waals surface area contributed by atoms with Crippen LogP contribution in [-0.2, 0) is 20.0 Å². The SMILES string of the molecule is CC1Cc2ccc(-c3cnn(C)c3)cc2CN1c1cc(N2CC3CCC2C3)nc(N)n1. The van der Waals surface area contributed by atoms with Crippen molar-refractivity contribution >= 4 is 17.6 Å².